The van der Waals surface area contributed by atoms with Crippen molar-refractivity contribution in [3.63, 3.8) is 0 Å². The summed E-state index contributed by atoms with van der Waals surface area (Å²) in [4.78, 5) is 12.8. The van der Waals surface area contributed by atoms with E-state index in [1.165, 1.54) is 0 Å². The molecule has 3 heterocycles. The SMILES string of the molecule is Cc1nc2ncccn2c1-c1ccncc1CN. The second-order valence-corrected chi connectivity index (χ2v) is 4.07. The molecule has 3 aromatic heterocycles. The molecule has 2 N–H and O–H groups in total. The van der Waals surface area contributed by atoms with Gasteiger partial charge in [-0.2, -0.15) is 0 Å². The topological polar surface area (TPSA) is 69.1 Å². The minimum Gasteiger partial charge on any atom is -0.326 e. The van der Waals surface area contributed by atoms with Gasteiger partial charge in [0.2, 0.25) is 5.78 Å². The smallest absolute Gasteiger partial charge is 0.234 e. The van der Waals surface area contributed by atoms with Crippen LogP contribution in [0.1, 0.15) is 11.3 Å². The lowest BCUT2D eigenvalue weighted by Crippen LogP contribution is -2.01. The molecular weight excluding hydrogens is 226 g/mol. The Morgan fingerprint density at radius 2 is 2.22 bits per heavy atom. The molecule has 0 atom stereocenters. The fourth-order valence-corrected chi connectivity index (χ4v) is 2.14. The van der Waals surface area contributed by atoms with Gasteiger partial charge in [0.25, 0.3) is 0 Å². The van der Waals surface area contributed by atoms with E-state index < -0.39 is 0 Å². The average molecular weight is 239 g/mol. The molecule has 0 radical (unpaired) electrons. The van der Waals surface area contributed by atoms with Gasteiger partial charge < -0.3 is 5.73 Å². The molecule has 18 heavy (non-hydrogen) atoms. The zero-order chi connectivity index (χ0) is 12.5. The van der Waals surface area contributed by atoms with E-state index in [0.717, 1.165) is 22.5 Å². The van der Waals surface area contributed by atoms with Gasteiger partial charge in [-0.05, 0) is 24.6 Å². The van der Waals surface area contributed by atoms with E-state index in [4.69, 9.17) is 5.73 Å². The van der Waals surface area contributed by atoms with Gasteiger partial charge in [-0.1, -0.05) is 0 Å². The highest BCUT2D eigenvalue weighted by Crippen LogP contribution is 2.26. The molecule has 0 spiro atoms. The van der Waals surface area contributed by atoms with Gasteiger partial charge in [0.1, 0.15) is 0 Å². The molecule has 0 saturated carbocycles. The Kier molecular flexibility index (Phi) is 2.53. The van der Waals surface area contributed by atoms with Gasteiger partial charge in [-0.15, -0.1) is 0 Å². The van der Waals surface area contributed by atoms with Crippen molar-refractivity contribution in [2.24, 2.45) is 5.73 Å². The number of hydrogen-bond donors (Lipinski definition) is 1. The summed E-state index contributed by atoms with van der Waals surface area (Å²) in [5.74, 6) is 0.699. The van der Waals surface area contributed by atoms with E-state index in [1.807, 2.05) is 29.7 Å². The summed E-state index contributed by atoms with van der Waals surface area (Å²) in [6.45, 7) is 2.43. The van der Waals surface area contributed by atoms with Crippen molar-refractivity contribution in [2.75, 3.05) is 0 Å². The highest BCUT2D eigenvalue weighted by Gasteiger charge is 2.13. The van der Waals surface area contributed by atoms with E-state index >= 15 is 0 Å². The summed E-state index contributed by atoms with van der Waals surface area (Å²) in [7, 11) is 0. The number of aromatic nitrogens is 4. The average Bonchev–Trinajstić information content (AvgIpc) is 2.74. The monoisotopic (exact) mass is 239 g/mol. The Hall–Kier alpha value is -2.27. The summed E-state index contributed by atoms with van der Waals surface area (Å²) in [6.07, 6.45) is 7.26. The highest BCUT2D eigenvalue weighted by atomic mass is 15.1. The van der Waals surface area contributed by atoms with Crippen LogP contribution in [0.4, 0.5) is 0 Å². The zero-order valence-electron chi connectivity index (χ0n) is 10.0. The van der Waals surface area contributed by atoms with Gasteiger partial charge >= 0.3 is 0 Å². The summed E-state index contributed by atoms with van der Waals surface area (Å²) < 4.78 is 1.98. The van der Waals surface area contributed by atoms with Crippen molar-refractivity contribution in [2.45, 2.75) is 13.5 Å². The number of hydrogen-bond acceptors (Lipinski definition) is 4. The fourth-order valence-electron chi connectivity index (χ4n) is 2.14. The first-order valence-electron chi connectivity index (χ1n) is 5.74. The minimum atomic E-state index is 0.454. The van der Waals surface area contributed by atoms with Crippen LogP contribution in [0.15, 0.2) is 36.9 Å². The summed E-state index contributed by atoms with van der Waals surface area (Å²) in [5.41, 5.74) is 9.80. The lowest BCUT2D eigenvalue weighted by Gasteiger charge is -2.07. The predicted molar refractivity (Wildman–Crippen MR) is 68.8 cm³/mol. The lowest BCUT2D eigenvalue weighted by atomic mass is 10.1. The number of imidazole rings is 1. The third kappa shape index (κ3) is 1.56. The Labute approximate surface area is 104 Å². The van der Waals surface area contributed by atoms with Crippen LogP contribution in [-0.4, -0.2) is 19.4 Å². The summed E-state index contributed by atoms with van der Waals surface area (Å²) >= 11 is 0. The normalized spacial score (nSPS) is 11.0. The zero-order valence-corrected chi connectivity index (χ0v) is 10.0. The molecule has 0 bridgehead atoms. The van der Waals surface area contributed by atoms with Crippen LogP contribution in [0, 0.1) is 6.92 Å². The van der Waals surface area contributed by atoms with E-state index in [1.54, 1.807) is 18.6 Å². The van der Waals surface area contributed by atoms with Crippen LogP contribution >= 0.6 is 0 Å². The molecule has 0 unspecified atom stereocenters. The molecule has 0 fully saturated rings. The predicted octanol–water partition coefficient (Wildman–Crippen LogP) is 1.56. The van der Waals surface area contributed by atoms with Crippen molar-refractivity contribution in [3.8, 4) is 11.3 Å². The molecular formula is C13H13N5. The van der Waals surface area contributed by atoms with Crippen LogP contribution in [0.25, 0.3) is 17.0 Å². The Morgan fingerprint density at radius 1 is 1.33 bits per heavy atom. The van der Waals surface area contributed by atoms with E-state index in [-0.39, 0.29) is 0 Å². The molecule has 0 aliphatic rings. The standard InChI is InChI=1S/C13H13N5/c1-9-12(11-3-5-15-8-10(11)7-14)18-6-2-4-16-13(18)17-9/h2-6,8H,7,14H2,1H3. The maximum Gasteiger partial charge on any atom is 0.234 e. The van der Waals surface area contributed by atoms with Gasteiger partial charge in [0.05, 0.1) is 11.4 Å². The first kappa shape index (κ1) is 10.9. The highest BCUT2D eigenvalue weighted by molar-refractivity contribution is 5.68. The maximum absolute atomic E-state index is 5.77. The van der Waals surface area contributed by atoms with Crippen molar-refractivity contribution >= 4 is 5.78 Å². The van der Waals surface area contributed by atoms with Gasteiger partial charge in [0, 0.05) is 36.9 Å². The first-order valence-corrected chi connectivity index (χ1v) is 5.74. The summed E-state index contributed by atoms with van der Waals surface area (Å²) in [5, 5.41) is 0. The number of fused-ring (bicyclic) bond motifs is 1. The quantitative estimate of drug-likeness (QED) is 0.736. The van der Waals surface area contributed by atoms with Gasteiger partial charge in [0.15, 0.2) is 0 Å². The minimum absolute atomic E-state index is 0.454. The number of aryl methyl sites for hydroxylation is 1. The fraction of sp³-hybridized carbons (Fsp3) is 0.154. The first-order chi connectivity index (χ1) is 8.81. The number of rotatable bonds is 2. The largest absolute Gasteiger partial charge is 0.326 e. The third-order valence-electron chi connectivity index (χ3n) is 2.96. The van der Waals surface area contributed by atoms with Gasteiger partial charge in [-0.25, -0.2) is 9.97 Å². The van der Waals surface area contributed by atoms with Crippen molar-refractivity contribution in [1.29, 1.82) is 0 Å². The molecule has 90 valence electrons. The summed E-state index contributed by atoms with van der Waals surface area (Å²) in [6, 6.07) is 3.85. The molecule has 0 aliphatic heterocycles. The van der Waals surface area contributed by atoms with Crippen LogP contribution < -0.4 is 5.73 Å². The molecule has 3 aromatic rings. The van der Waals surface area contributed by atoms with Crippen LogP contribution in [0.3, 0.4) is 0 Å². The maximum atomic E-state index is 5.77. The van der Waals surface area contributed by atoms with Crippen molar-refractivity contribution in [1.82, 2.24) is 19.4 Å². The molecule has 3 rings (SSSR count). The Morgan fingerprint density at radius 3 is 3.06 bits per heavy atom. The third-order valence-corrected chi connectivity index (χ3v) is 2.96. The van der Waals surface area contributed by atoms with Crippen molar-refractivity contribution in [3.05, 3.63) is 48.2 Å². The van der Waals surface area contributed by atoms with Crippen molar-refractivity contribution < 1.29 is 0 Å². The number of nitrogens with two attached hydrogens (primary N) is 1. The van der Waals surface area contributed by atoms with E-state index in [2.05, 4.69) is 15.0 Å². The molecule has 0 aromatic carbocycles. The van der Waals surface area contributed by atoms with E-state index in [0.29, 0.717) is 12.3 Å². The van der Waals surface area contributed by atoms with E-state index in [9.17, 15) is 0 Å². The second kappa shape index (κ2) is 4.19. The van der Waals surface area contributed by atoms with Gasteiger partial charge in [-0.3, -0.25) is 9.38 Å². The van der Waals surface area contributed by atoms with Crippen LogP contribution in [0.2, 0.25) is 0 Å². The Bertz CT molecular complexity index is 701. The number of nitrogens with zero attached hydrogens (tertiary/aromatic N) is 4. The molecule has 5 nitrogen and oxygen atoms in total. The van der Waals surface area contributed by atoms with Crippen LogP contribution in [0.5, 0.6) is 0 Å². The lowest BCUT2D eigenvalue weighted by molar-refractivity contribution is 1.04. The Balaban J connectivity index is 2.34. The molecule has 0 amide bonds. The second-order valence-electron chi connectivity index (χ2n) is 4.07. The molecule has 5 heteroatoms. The van der Waals surface area contributed by atoms with Crippen LogP contribution in [-0.2, 0) is 6.54 Å². The number of pyridine rings is 1. The molecule has 0 saturated heterocycles. The molecule has 0 aliphatic carbocycles.